The molecule has 36 heavy (non-hydrogen) atoms. The predicted molar refractivity (Wildman–Crippen MR) is 123 cm³/mol. The Kier molecular flexibility index (Phi) is 6.28. The first-order valence-corrected chi connectivity index (χ1v) is 12.0. The average molecular weight is 499 g/mol. The number of aryl methyl sites for hydroxylation is 2. The summed E-state index contributed by atoms with van der Waals surface area (Å²) in [6, 6.07) is 11.9. The molecule has 1 saturated carbocycles. The lowest BCUT2D eigenvalue weighted by atomic mass is 9.92. The third-order valence-electron chi connectivity index (χ3n) is 7.32. The van der Waals surface area contributed by atoms with Crippen LogP contribution in [0.5, 0.6) is 0 Å². The van der Waals surface area contributed by atoms with Crippen LogP contribution >= 0.6 is 0 Å². The molecule has 2 fully saturated rings. The van der Waals surface area contributed by atoms with Crippen LogP contribution in [0.1, 0.15) is 56.7 Å². The summed E-state index contributed by atoms with van der Waals surface area (Å²) in [5.74, 6) is -2.79. The first-order valence-electron chi connectivity index (χ1n) is 12.0. The van der Waals surface area contributed by atoms with Gasteiger partial charge in [0.2, 0.25) is 0 Å². The number of halogens is 3. The van der Waals surface area contributed by atoms with E-state index in [9.17, 15) is 32.3 Å². The highest BCUT2D eigenvalue weighted by Crippen LogP contribution is 2.34. The summed E-state index contributed by atoms with van der Waals surface area (Å²) < 4.78 is 38.0. The molecule has 5 rings (SSSR count). The summed E-state index contributed by atoms with van der Waals surface area (Å²) in [4.78, 5) is 53.0. The topological polar surface area (TPSA) is 74.8 Å². The largest absolute Gasteiger partial charge is 0.394 e. The van der Waals surface area contributed by atoms with Gasteiger partial charge in [-0.3, -0.25) is 29.0 Å². The molecule has 1 atom stereocenters. The number of Topliss-reactive ketones (excluding diaryl/α,β-unsaturated/α-hetero) is 2. The fourth-order valence-corrected chi connectivity index (χ4v) is 5.25. The third-order valence-corrected chi connectivity index (χ3v) is 7.32. The number of carbonyl (C=O) groups is 4. The number of rotatable bonds is 6. The number of nitrogens with zero attached hydrogens (tertiary/aromatic N) is 2. The van der Waals surface area contributed by atoms with Gasteiger partial charge in [-0.25, -0.2) is 0 Å². The Morgan fingerprint density at radius 3 is 2.22 bits per heavy atom. The zero-order valence-corrected chi connectivity index (χ0v) is 19.5. The van der Waals surface area contributed by atoms with Crippen molar-refractivity contribution in [3.05, 3.63) is 70.3 Å². The monoisotopic (exact) mass is 498 g/mol. The van der Waals surface area contributed by atoms with Crippen molar-refractivity contribution in [2.75, 3.05) is 13.1 Å². The van der Waals surface area contributed by atoms with Gasteiger partial charge < -0.3 is 0 Å². The van der Waals surface area contributed by atoms with Crippen LogP contribution in [0.4, 0.5) is 13.2 Å². The van der Waals surface area contributed by atoms with E-state index in [2.05, 4.69) is 0 Å². The van der Waals surface area contributed by atoms with Crippen molar-refractivity contribution >= 4 is 23.4 Å². The molecule has 6 nitrogen and oxygen atoms in total. The van der Waals surface area contributed by atoms with Gasteiger partial charge in [-0.1, -0.05) is 36.4 Å². The SMILES string of the molecule is O=C1CCC(N2C(=O)c3cccc(CCc4ccc(CN5CC(C(F)(F)F)C5)cc4)c3C2=O)C(=O)C1. The van der Waals surface area contributed by atoms with E-state index in [-0.39, 0.29) is 43.7 Å². The molecule has 2 heterocycles. The summed E-state index contributed by atoms with van der Waals surface area (Å²) in [6.45, 7) is 0.519. The molecule has 2 aliphatic heterocycles. The lowest BCUT2D eigenvalue weighted by molar-refractivity contribution is -0.210. The molecule has 0 N–H and O–H groups in total. The molecule has 188 valence electrons. The number of amides is 2. The molecule has 0 spiro atoms. The van der Waals surface area contributed by atoms with Gasteiger partial charge in [0, 0.05) is 26.1 Å². The second-order valence-electron chi connectivity index (χ2n) is 9.81. The van der Waals surface area contributed by atoms with E-state index in [0.717, 1.165) is 21.6 Å². The van der Waals surface area contributed by atoms with Crippen LogP contribution in [0.15, 0.2) is 42.5 Å². The summed E-state index contributed by atoms with van der Waals surface area (Å²) in [5.41, 5.74) is 3.26. The molecule has 3 aliphatic rings. The normalized spacial score (nSPS) is 21.2. The maximum absolute atomic E-state index is 13.2. The predicted octanol–water partition coefficient (Wildman–Crippen LogP) is 3.75. The van der Waals surface area contributed by atoms with Crippen molar-refractivity contribution in [1.82, 2.24) is 9.80 Å². The van der Waals surface area contributed by atoms with Gasteiger partial charge in [-0.2, -0.15) is 13.2 Å². The van der Waals surface area contributed by atoms with Gasteiger partial charge in [0.1, 0.15) is 5.78 Å². The van der Waals surface area contributed by atoms with E-state index in [0.29, 0.717) is 24.9 Å². The van der Waals surface area contributed by atoms with Crippen LogP contribution in [-0.2, 0) is 29.0 Å². The molecule has 2 amide bonds. The van der Waals surface area contributed by atoms with Crippen molar-refractivity contribution in [2.24, 2.45) is 5.92 Å². The van der Waals surface area contributed by atoms with Crippen LogP contribution in [-0.4, -0.2) is 58.5 Å². The Hall–Kier alpha value is -3.33. The Bertz CT molecular complexity index is 1230. The van der Waals surface area contributed by atoms with Crippen molar-refractivity contribution in [2.45, 2.75) is 50.9 Å². The molecule has 0 radical (unpaired) electrons. The number of hydrogen-bond acceptors (Lipinski definition) is 5. The lowest BCUT2D eigenvalue weighted by Crippen LogP contribution is -2.52. The van der Waals surface area contributed by atoms with Crippen molar-refractivity contribution in [3.63, 3.8) is 0 Å². The van der Waals surface area contributed by atoms with Crippen molar-refractivity contribution < 1.29 is 32.3 Å². The van der Waals surface area contributed by atoms with E-state index >= 15 is 0 Å². The van der Waals surface area contributed by atoms with E-state index in [1.807, 2.05) is 24.3 Å². The highest BCUT2D eigenvalue weighted by atomic mass is 19.4. The molecule has 0 bridgehead atoms. The van der Waals surface area contributed by atoms with Crippen LogP contribution in [0.25, 0.3) is 0 Å². The smallest absolute Gasteiger partial charge is 0.299 e. The number of carbonyl (C=O) groups excluding carboxylic acids is 4. The molecular weight excluding hydrogens is 473 g/mol. The zero-order chi connectivity index (χ0) is 25.6. The van der Waals surface area contributed by atoms with E-state index in [1.165, 1.54) is 0 Å². The minimum absolute atomic E-state index is 0.0247. The number of ketones is 2. The Balaban J connectivity index is 1.23. The van der Waals surface area contributed by atoms with Crippen LogP contribution < -0.4 is 0 Å². The Morgan fingerprint density at radius 1 is 0.861 bits per heavy atom. The first-order chi connectivity index (χ1) is 17.1. The molecule has 9 heteroatoms. The Labute approximate surface area is 206 Å². The first kappa shape index (κ1) is 24.4. The van der Waals surface area contributed by atoms with Crippen molar-refractivity contribution in [3.8, 4) is 0 Å². The third kappa shape index (κ3) is 4.59. The van der Waals surface area contributed by atoms with Gasteiger partial charge in [-0.15, -0.1) is 0 Å². The van der Waals surface area contributed by atoms with Gasteiger partial charge in [-0.05, 0) is 42.0 Å². The zero-order valence-electron chi connectivity index (χ0n) is 19.5. The van der Waals surface area contributed by atoms with Crippen molar-refractivity contribution in [1.29, 1.82) is 0 Å². The summed E-state index contributed by atoms with van der Waals surface area (Å²) in [5, 5.41) is 0. The summed E-state index contributed by atoms with van der Waals surface area (Å²) in [7, 11) is 0. The fourth-order valence-electron chi connectivity index (χ4n) is 5.25. The number of fused-ring (bicyclic) bond motifs is 1. The van der Waals surface area contributed by atoms with Crippen LogP contribution in [0.3, 0.4) is 0 Å². The average Bonchev–Trinajstić information content (AvgIpc) is 3.05. The van der Waals surface area contributed by atoms with Crippen LogP contribution in [0, 0.1) is 5.92 Å². The summed E-state index contributed by atoms with van der Waals surface area (Å²) in [6.07, 6.45) is -2.93. The minimum Gasteiger partial charge on any atom is -0.299 e. The number of benzene rings is 2. The van der Waals surface area contributed by atoms with E-state index in [1.54, 1.807) is 23.1 Å². The van der Waals surface area contributed by atoms with Gasteiger partial charge in [0.25, 0.3) is 11.8 Å². The highest BCUT2D eigenvalue weighted by Gasteiger charge is 2.47. The number of imide groups is 1. The maximum Gasteiger partial charge on any atom is 0.394 e. The van der Waals surface area contributed by atoms with Crippen LogP contribution in [0.2, 0.25) is 0 Å². The standard InChI is InChI=1S/C27H25F3N2O4/c28-27(29,30)19-14-31(15-19)13-17-6-4-16(5-7-17)8-9-18-2-1-3-21-24(18)26(36)32(25(21)35)22-11-10-20(33)12-23(22)34/h1-7,19,22H,8-15H2. The molecule has 2 aromatic rings. The molecule has 1 unspecified atom stereocenters. The molecule has 0 aromatic heterocycles. The fraction of sp³-hybridized carbons (Fsp3) is 0.407. The summed E-state index contributed by atoms with van der Waals surface area (Å²) >= 11 is 0. The van der Waals surface area contributed by atoms with Gasteiger partial charge in [0.15, 0.2) is 5.78 Å². The number of likely N-dealkylation sites (tertiary alicyclic amines) is 1. The number of hydrogen-bond donors (Lipinski definition) is 0. The Morgan fingerprint density at radius 2 is 1.56 bits per heavy atom. The second-order valence-corrected chi connectivity index (χ2v) is 9.81. The van der Waals surface area contributed by atoms with Gasteiger partial charge >= 0.3 is 6.18 Å². The molecule has 1 saturated heterocycles. The maximum atomic E-state index is 13.2. The minimum atomic E-state index is -4.13. The molecule has 2 aromatic carbocycles. The lowest BCUT2D eigenvalue weighted by Gasteiger charge is -2.40. The molecular formula is C27H25F3N2O4. The second kappa shape index (κ2) is 9.28. The van der Waals surface area contributed by atoms with E-state index in [4.69, 9.17) is 0 Å². The quantitative estimate of drug-likeness (QED) is 0.448. The molecule has 1 aliphatic carbocycles. The number of alkyl halides is 3. The highest BCUT2D eigenvalue weighted by molar-refractivity contribution is 6.24. The van der Waals surface area contributed by atoms with Gasteiger partial charge in [0.05, 0.1) is 29.5 Å². The van der Waals surface area contributed by atoms with E-state index < -0.39 is 35.7 Å².